The van der Waals surface area contributed by atoms with Gasteiger partial charge in [-0.3, -0.25) is 4.79 Å². The molecule has 0 aromatic heterocycles. The SMILES string of the molecule is CCCCCCCCCCCCCCC1C(=O)S1(=O)=O. The highest BCUT2D eigenvalue weighted by atomic mass is 32.2. The second kappa shape index (κ2) is 9.54. The van der Waals surface area contributed by atoms with Crippen LogP contribution in [-0.2, 0) is 14.6 Å². The molecule has 0 aromatic rings. The minimum Gasteiger partial charge on any atom is -0.280 e. The zero-order valence-electron chi connectivity index (χ0n) is 12.9. The molecule has 118 valence electrons. The average Bonchev–Trinajstić information content (AvgIpc) is 2.90. The Morgan fingerprint density at radius 3 is 1.45 bits per heavy atom. The van der Waals surface area contributed by atoms with Crippen molar-refractivity contribution < 1.29 is 13.2 Å². The van der Waals surface area contributed by atoms with Crippen molar-refractivity contribution in [2.24, 2.45) is 0 Å². The van der Waals surface area contributed by atoms with Gasteiger partial charge < -0.3 is 0 Å². The summed E-state index contributed by atoms with van der Waals surface area (Å²) in [6.45, 7) is 2.24. The van der Waals surface area contributed by atoms with Gasteiger partial charge in [0.2, 0.25) is 9.84 Å². The van der Waals surface area contributed by atoms with Gasteiger partial charge in [0.1, 0.15) is 5.25 Å². The highest BCUT2D eigenvalue weighted by molar-refractivity contribution is 8.18. The molecule has 0 radical (unpaired) electrons. The lowest BCUT2D eigenvalue weighted by Gasteiger charge is -2.02. The van der Waals surface area contributed by atoms with E-state index in [1.807, 2.05) is 0 Å². The summed E-state index contributed by atoms with van der Waals surface area (Å²) >= 11 is 0. The second-order valence-electron chi connectivity index (χ2n) is 6.03. The van der Waals surface area contributed by atoms with Gasteiger partial charge in [0.15, 0.2) is 0 Å². The van der Waals surface area contributed by atoms with Gasteiger partial charge >= 0.3 is 0 Å². The summed E-state index contributed by atoms with van der Waals surface area (Å²) in [5.41, 5.74) is 0. The molecule has 0 aliphatic carbocycles. The van der Waals surface area contributed by atoms with Gasteiger partial charge in [0.05, 0.1) is 0 Å². The molecule has 1 fully saturated rings. The minimum absolute atomic E-state index is 0.527. The Morgan fingerprint density at radius 2 is 1.10 bits per heavy atom. The molecular weight excluding hydrogens is 272 g/mol. The number of carbonyl (C=O) groups is 1. The van der Waals surface area contributed by atoms with Gasteiger partial charge in [-0.05, 0) is 6.42 Å². The molecule has 4 heteroatoms. The molecule has 0 saturated carbocycles. The Balaban J connectivity index is 1.76. The topological polar surface area (TPSA) is 51.2 Å². The van der Waals surface area contributed by atoms with E-state index in [-0.39, 0.29) is 0 Å². The van der Waals surface area contributed by atoms with Crippen LogP contribution in [0.2, 0.25) is 0 Å². The van der Waals surface area contributed by atoms with E-state index in [9.17, 15) is 13.2 Å². The van der Waals surface area contributed by atoms with Crippen molar-refractivity contribution in [3.8, 4) is 0 Å². The molecule has 20 heavy (non-hydrogen) atoms. The fraction of sp³-hybridized carbons (Fsp3) is 0.938. The molecular formula is C16H30O3S. The van der Waals surface area contributed by atoms with Crippen molar-refractivity contribution in [3.63, 3.8) is 0 Å². The average molecular weight is 302 g/mol. The number of sulfone groups is 1. The first-order chi connectivity index (χ1) is 9.60. The quantitative estimate of drug-likeness (QED) is 0.374. The molecule has 1 unspecified atom stereocenters. The van der Waals surface area contributed by atoms with E-state index in [4.69, 9.17) is 0 Å². The Kier molecular flexibility index (Phi) is 8.43. The first-order valence-electron chi connectivity index (χ1n) is 8.38. The lowest BCUT2D eigenvalue weighted by atomic mass is 10.0. The molecule has 1 aliphatic rings. The van der Waals surface area contributed by atoms with E-state index in [0.717, 1.165) is 12.8 Å². The summed E-state index contributed by atoms with van der Waals surface area (Å²) in [6.07, 6.45) is 15.8. The monoisotopic (exact) mass is 302 g/mol. The summed E-state index contributed by atoms with van der Waals surface area (Å²) in [5.74, 6) is 0. The van der Waals surface area contributed by atoms with Gasteiger partial charge in [0, 0.05) is 0 Å². The zero-order chi connectivity index (χ0) is 14.8. The fourth-order valence-corrected chi connectivity index (χ4v) is 4.03. The normalized spacial score (nSPS) is 20.2. The highest BCUT2D eigenvalue weighted by Crippen LogP contribution is 2.29. The predicted octanol–water partition coefficient (Wildman–Crippen LogP) is 4.40. The van der Waals surface area contributed by atoms with Crippen LogP contribution in [-0.4, -0.2) is 18.8 Å². The number of hydrogen-bond donors (Lipinski definition) is 0. The van der Waals surface area contributed by atoms with Gasteiger partial charge in [0.25, 0.3) is 5.12 Å². The van der Waals surface area contributed by atoms with Crippen molar-refractivity contribution in [2.45, 2.75) is 95.6 Å². The smallest absolute Gasteiger partial charge is 0.265 e. The summed E-state index contributed by atoms with van der Waals surface area (Å²) in [5, 5.41) is -1.16. The number of carbonyl (C=O) groups excluding carboxylic acids is 1. The lowest BCUT2D eigenvalue weighted by Crippen LogP contribution is -1.90. The molecule has 0 amide bonds. The third-order valence-corrected chi connectivity index (χ3v) is 5.97. The molecule has 1 heterocycles. The number of rotatable bonds is 13. The zero-order valence-corrected chi connectivity index (χ0v) is 13.7. The van der Waals surface area contributed by atoms with Crippen LogP contribution < -0.4 is 0 Å². The van der Waals surface area contributed by atoms with Crippen molar-refractivity contribution >= 4 is 15.0 Å². The molecule has 0 N–H and O–H groups in total. The molecule has 0 aromatic carbocycles. The van der Waals surface area contributed by atoms with E-state index < -0.39 is 20.2 Å². The molecule has 0 bridgehead atoms. The van der Waals surface area contributed by atoms with Gasteiger partial charge in [-0.15, -0.1) is 0 Å². The van der Waals surface area contributed by atoms with E-state index in [2.05, 4.69) is 6.92 Å². The Hall–Kier alpha value is -0.380. The van der Waals surface area contributed by atoms with Crippen LogP contribution in [0.5, 0.6) is 0 Å². The maximum atomic E-state index is 11.0. The summed E-state index contributed by atoms with van der Waals surface area (Å²) in [7, 11) is -3.29. The Labute approximate surface area is 124 Å². The maximum absolute atomic E-state index is 11.0. The van der Waals surface area contributed by atoms with Gasteiger partial charge in [-0.25, -0.2) is 8.42 Å². The van der Waals surface area contributed by atoms with E-state index >= 15 is 0 Å². The predicted molar refractivity (Wildman–Crippen MR) is 83.4 cm³/mol. The van der Waals surface area contributed by atoms with Crippen molar-refractivity contribution in [1.82, 2.24) is 0 Å². The van der Waals surface area contributed by atoms with E-state index in [0.29, 0.717) is 6.42 Å². The first-order valence-corrected chi connectivity index (χ1v) is 9.93. The van der Waals surface area contributed by atoms with Crippen molar-refractivity contribution in [3.05, 3.63) is 0 Å². The van der Waals surface area contributed by atoms with Crippen LogP contribution in [0.3, 0.4) is 0 Å². The summed E-state index contributed by atoms with van der Waals surface area (Å²) in [6, 6.07) is 0. The summed E-state index contributed by atoms with van der Waals surface area (Å²) < 4.78 is 22.0. The van der Waals surface area contributed by atoms with Crippen molar-refractivity contribution in [2.75, 3.05) is 0 Å². The van der Waals surface area contributed by atoms with E-state index in [1.54, 1.807) is 0 Å². The first kappa shape index (κ1) is 17.7. The van der Waals surface area contributed by atoms with Gasteiger partial charge in [-0.1, -0.05) is 84.0 Å². The molecule has 1 atom stereocenters. The third-order valence-electron chi connectivity index (χ3n) is 4.18. The van der Waals surface area contributed by atoms with Crippen LogP contribution >= 0.6 is 0 Å². The Bertz CT molecular complexity index is 373. The van der Waals surface area contributed by atoms with Crippen LogP contribution in [0, 0.1) is 0 Å². The number of unbranched alkanes of at least 4 members (excludes halogenated alkanes) is 11. The van der Waals surface area contributed by atoms with E-state index in [1.165, 1.54) is 64.2 Å². The van der Waals surface area contributed by atoms with Crippen LogP contribution in [0.25, 0.3) is 0 Å². The fourth-order valence-electron chi connectivity index (χ4n) is 2.70. The third kappa shape index (κ3) is 6.38. The molecule has 0 spiro atoms. The van der Waals surface area contributed by atoms with Gasteiger partial charge in [-0.2, -0.15) is 0 Å². The molecule has 3 nitrogen and oxygen atoms in total. The van der Waals surface area contributed by atoms with Crippen molar-refractivity contribution in [1.29, 1.82) is 0 Å². The molecule has 1 rings (SSSR count). The standard InChI is InChI=1S/C16H30O3S/c1-2-3-4-5-6-7-8-9-10-11-12-13-14-15-16(17)20(15,18)19/h15H,2-14H2,1H3. The largest absolute Gasteiger partial charge is 0.280 e. The van der Waals surface area contributed by atoms with Crippen LogP contribution in [0.1, 0.15) is 90.4 Å². The maximum Gasteiger partial charge on any atom is 0.265 e. The highest BCUT2D eigenvalue weighted by Gasteiger charge is 2.55. The second-order valence-corrected chi connectivity index (χ2v) is 8.09. The molecule has 1 saturated heterocycles. The Morgan fingerprint density at radius 1 is 0.750 bits per heavy atom. The minimum atomic E-state index is -3.29. The van der Waals surface area contributed by atoms with Crippen LogP contribution in [0.15, 0.2) is 0 Å². The molecule has 1 aliphatic heterocycles. The van der Waals surface area contributed by atoms with Crippen LogP contribution in [0.4, 0.5) is 0 Å². The lowest BCUT2D eigenvalue weighted by molar-refractivity contribution is -0.108. The summed E-state index contributed by atoms with van der Waals surface area (Å²) in [4.78, 5) is 10.9. The number of hydrogen-bond acceptors (Lipinski definition) is 3.